The average Bonchev–Trinajstić information content (AvgIpc) is 2.95. The third-order valence-corrected chi connectivity index (χ3v) is 6.40. The first kappa shape index (κ1) is 20.0. The molecule has 3 rings (SSSR count). The number of carbonyl (C=O) groups is 1. The number of benzene rings is 1. The number of esters is 1. The normalized spacial score (nSPS) is 28.1. The summed E-state index contributed by atoms with van der Waals surface area (Å²) in [4.78, 5) is 12.8. The van der Waals surface area contributed by atoms with Crippen LogP contribution in [-0.4, -0.2) is 45.9 Å². The van der Waals surface area contributed by atoms with E-state index in [1.165, 1.54) is 9.13 Å². The molecule has 0 radical (unpaired) electrons. The summed E-state index contributed by atoms with van der Waals surface area (Å²) in [7, 11) is -3.45. The Morgan fingerprint density at radius 2 is 1.96 bits per heavy atom. The van der Waals surface area contributed by atoms with Crippen LogP contribution in [-0.2, 0) is 23.8 Å². The molecule has 6 nitrogen and oxygen atoms in total. The minimum absolute atomic E-state index is 0.0289. The molecule has 0 aromatic heterocycles. The summed E-state index contributed by atoms with van der Waals surface area (Å²) >= 11 is 2.28. The molecule has 0 amide bonds. The lowest BCUT2D eigenvalue weighted by molar-refractivity contribution is -0.151. The zero-order valence-corrected chi connectivity index (χ0v) is 17.7. The predicted octanol–water partition coefficient (Wildman–Crippen LogP) is 2.42. The van der Waals surface area contributed by atoms with Gasteiger partial charge in [0.15, 0.2) is 0 Å². The monoisotopic (exact) mass is 493 g/mol. The molecular weight excluding hydrogens is 469 g/mol. The first-order chi connectivity index (χ1) is 12.3. The van der Waals surface area contributed by atoms with Crippen molar-refractivity contribution in [2.45, 2.75) is 43.7 Å². The molecule has 2 aliphatic heterocycles. The summed E-state index contributed by atoms with van der Waals surface area (Å²) in [6, 6.07) is 8.99. The van der Waals surface area contributed by atoms with Crippen LogP contribution >= 0.6 is 22.6 Å². The molecule has 2 heterocycles. The number of rotatable bonds is 7. The summed E-state index contributed by atoms with van der Waals surface area (Å²) in [5.74, 6) is -0.249. The van der Waals surface area contributed by atoms with Crippen molar-refractivity contribution in [1.29, 1.82) is 0 Å². The summed E-state index contributed by atoms with van der Waals surface area (Å²) in [6.45, 7) is 0.196. The molecule has 26 heavy (non-hydrogen) atoms. The van der Waals surface area contributed by atoms with Gasteiger partial charge in [-0.15, -0.1) is 0 Å². The molecule has 2 bridgehead atoms. The van der Waals surface area contributed by atoms with Crippen molar-refractivity contribution in [3.63, 3.8) is 0 Å². The number of hydrogen-bond acceptors (Lipinski definition) is 6. The Morgan fingerprint density at radius 1 is 1.23 bits per heavy atom. The van der Waals surface area contributed by atoms with Crippen LogP contribution in [0.4, 0.5) is 0 Å². The van der Waals surface area contributed by atoms with Crippen LogP contribution in [0, 0.1) is 9.49 Å². The molecule has 0 aliphatic carbocycles. The smallest absolute Gasteiger partial charge is 0.311 e. The van der Waals surface area contributed by atoms with E-state index in [1.807, 2.05) is 0 Å². The fourth-order valence-electron chi connectivity index (χ4n) is 3.97. The van der Waals surface area contributed by atoms with Gasteiger partial charge >= 0.3 is 5.97 Å². The summed E-state index contributed by atoms with van der Waals surface area (Å²) in [6.07, 6.45) is 4.39. The first-order valence-corrected chi connectivity index (χ1v) is 11.8. The van der Waals surface area contributed by atoms with Gasteiger partial charge in [0.2, 0.25) is 0 Å². The second kappa shape index (κ2) is 8.53. The Balaban J connectivity index is 1.62. The molecule has 2 aliphatic rings. The van der Waals surface area contributed by atoms with E-state index in [9.17, 15) is 13.2 Å². The lowest BCUT2D eigenvalue weighted by Gasteiger charge is -2.36. The van der Waals surface area contributed by atoms with Gasteiger partial charge in [-0.1, -0.05) is 12.1 Å². The molecule has 0 spiro atoms. The van der Waals surface area contributed by atoms with Gasteiger partial charge in [0, 0.05) is 28.0 Å². The third kappa shape index (κ3) is 5.17. The van der Waals surface area contributed by atoms with Crippen LogP contribution in [0.25, 0.3) is 0 Å². The van der Waals surface area contributed by atoms with Gasteiger partial charge in [-0.2, -0.15) is 8.42 Å². The van der Waals surface area contributed by atoms with Crippen molar-refractivity contribution in [2.75, 3.05) is 19.5 Å². The van der Waals surface area contributed by atoms with E-state index in [4.69, 9.17) is 4.74 Å². The second-order valence-corrected chi connectivity index (χ2v) is 9.90. The molecule has 4 atom stereocenters. The predicted molar refractivity (Wildman–Crippen MR) is 106 cm³/mol. The standard InChI is InChI=1S/C18H24INO5S/c1-26(22,23)25-10-2-9-24-18(21)17-15(11-14-7-8-16(17)20-14)12-3-5-13(19)6-4-12/h3-6,14-17,20H,2,7-11H2,1H3. The molecule has 2 fully saturated rings. The fourth-order valence-corrected chi connectivity index (χ4v) is 4.75. The highest BCUT2D eigenvalue weighted by atomic mass is 127. The summed E-state index contributed by atoms with van der Waals surface area (Å²) < 4.78 is 33.2. The van der Waals surface area contributed by atoms with Gasteiger partial charge in [0.25, 0.3) is 10.1 Å². The fraction of sp³-hybridized carbons (Fsp3) is 0.611. The van der Waals surface area contributed by atoms with Gasteiger partial charge in [-0.25, -0.2) is 0 Å². The highest BCUT2D eigenvalue weighted by molar-refractivity contribution is 14.1. The van der Waals surface area contributed by atoms with E-state index >= 15 is 0 Å². The molecule has 1 aromatic carbocycles. The van der Waals surface area contributed by atoms with Gasteiger partial charge < -0.3 is 10.1 Å². The quantitative estimate of drug-likeness (QED) is 0.272. The molecule has 144 valence electrons. The van der Waals surface area contributed by atoms with E-state index in [1.54, 1.807) is 0 Å². The van der Waals surface area contributed by atoms with Crippen LogP contribution in [0.1, 0.15) is 37.2 Å². The number of fused-ring (bicyclic) bond motifs is 2. The lowest BCUT2D eigenvalue weighted by atomic mass is 9.77. The van der Waals surface area contributed by atoms with Crippen molar-refractivity contribution < 1.29 is 22.1 Å². The average molecular weight is 493 g/mol. The van der Waals surface area contributed by atoms with Gasteiger partial charge in [-0.3, -0.25) is 8.98 Å². The molecule has 4 unspecified atom stereocenters. The number of carbonyl (C=O) groups excluding carboxylic acids is 1. The Bertz CT molecular complexity index is 736. The first-order valence-electron chi connectivity index (χ1n) is 8.86. The molecule has 1 aromatic rings. The molecule has 1 N–H and O–H groups in total. The van der Waals surface area contributed by atoms with Crippen molar-refractivity contribution in [3.8, 4) is 0 Å². The molecule has 2 saturated heterocycles. The summed E-state index contributed by atoms with van der Waals surface area (Å²) in [5.41, 5.74) is 1.19. The van der Waals surface area contributed by atoms with Crippen LogP contribution in [0.15, 0.2) is 24.3 Å². The van der Waals surface area contributed by atoms with Crippen molar-refractivity contribution in [3.05, 3.63) is 33.4 Å². The number of nitrogens with one attached hydrogen (secondary N) is 1. The Kier molecular flexibility index (Phi) is 6.58. The minimum atomic E-state index is -3.45. The van der Waals surface area contributed by atoms with Crippen molar-refractivity contribution in [2.24, 2.45) is 5.92 Å². The van der Waals surface area contributed by atoms with Crippen LogP contribution < -0.4 is 5.32 Å². The van der Waals surface area contributed by atoms with E-state index < -0.39 is 10.1 Å². The largest absolute Gasteiger partial charge is 0.465 e. The zero-order chi connectivity index (χ0) is 18.7. The van der Waals surface area contributed by atoms with E-state index in [-0.39, 0.29) is 37.1 Å². The van der Waals surface area contributed by atoms with Crippen molar-refractivity contribution in [1.82, 2.24) is 5.32 Å². The highest BCUT2D eigenvalue weighted by Crippen LogP contribution is 2.42. The maximum Gasteiger partial charge on any atom is 0.311 e. The molecule has 0 saturated carbocycles. The number of piperidine rings is 1. The third-order valence-electron chi connectivity index (χ3n) is 5.08. The van der Waals surface area contributed by atoms with Gasteiger partial charge in [-0.05, 0) is 59.5 Å². The van der Waals surface area contributed by atoms with E-state index in [0.29, 0.717) is 12.5 Å². The van der Waals surface area contributed by atoms with Gasteiger partial charge in [0.05, 0.1) is 25.4 Å². The zero-order valence-electron chi connectivity index (χ0n) is 14.7. The number of ether oxygens (including phenoxy) is 1. The number of hydrogen-bond donors (Lipinski definition) is 1. The molecular formula is C18H24INO5S. The highest BCUT2D eigenvalue weighted by Gasteiger charge is 2.46. The van der Waals surface area contributed by atoms with Crippen LogP contribution in [0.3, 0.4) is 0 Å². The van der Waals surface area contributed by atoms with Crippen LogP contribution in [0.2, 0.25) is 0 Å². The van der Waals surface area contributed by atoms with E-state index in [2.05, 4.69) is 56.4 Å². The van der Waals surface area contributed by atoms with Crippen LogP contribution in [0.5, 0.6) is 0 Å². The van der Waals surface area contributed by atoms with Gasteiger partial charge in [0.1, 0.15) is 0 Å². The number of halogens is 1. The van der Waals surface area contributed by atoms with Crippen molar-refractivity contribution >= 4 is 38.7 Å². The minimum Gasteiger partial charge on any atom is -0.465 e. The lowest BCUT2D eigenvalue weighted by Crippen LogP contribution is -2.48. The Labute approximate surface area is 168 Å². The maximum atomic E-state index is 12.8. The molecule has 8 heteroatoms. The van der Waals surface area contributed by atoms with E-state index in [0.717, 1.165) is 25.5 Å². The Morgan fingerprint density at radius 3 is 2.65 bits per heavy atom. The maximum absolute atomic E-state index is 12.8. The SMILES string of the molecule is CS(=O)(=O)OCCCOC(=O)C1C2CCC(CC1c1ccc(I)cc1)N2. The Hall–Kier alpha value is -0.710. The summed E-state index contributed by atoms with van der Waals surface area (Å²) in [5, 5.41) is 3.55. The second-order valence-electron chi connectivity index (χ2n) is 7.01. The topological polar surface area (TPSA) is 81.7 Å².